The predicted molar refractivity (Wildman–Crippen MR) is 168 cm³/mol. The standard InChI is InChI=1S/C36H45NO9/c1-19-17-20(2)36(42)25(18-28(43-6)35(41)45-31(19)23(5)44-33(39)24-11-8-7-9-12-24)14-15-26-21(3)32(22(4)30(38)29(26)36)46-34(40)27-13-10-16-37-27/h7-17,19,21-23,25-26,28-32,37-38,42H,18H2,1-6H3/b20-17+/t19?,21?,22-,23?,25-,26+,28+,29+,30?,31+,32+,36?/m1/s1. The third kappa shape index (κ3) is 6.18. The molecule has 0 spiro atoms. The van der Waals surface area contributed by atoms with Crippen LogP contribution in [-0.4, -0.2) is 76.3 Å². The van der Waals surface area contributed by atoms with Gasteiger partial charge in [0.15, 0.2) is 6.10 Å². The molecule has 0 amide bonds. The van der Waals surface area contributed by atoms with Crippen molar-refractivity contribution in [2.75, 3.05) is 7.11 Å². The Kier molecular flexibility index (Phi) is 9.91. The minimum atomic E-state index is -1.58. The molecule has 5 unspecified atom stereocenters. The van der Waals surface area contributed by atoms with E-state index in [-0.39, 0.29) is 18.3 Å². The number of aliphatic hydroxyl groups is 2. The van der Waals surface area contributed by atoms with Crippen LogP contribution in [0.1, 0.15) is 61.9 Å². The summed E-state index contributed by atoms with van der Waals surface area (Å²) in [5.74, 6) is -4.51. The molecule has 10 heteroatoms. The number of H-pyrrole nitrogens is 1. The fourth-order valence-electron chi connectivity index (χ4n) is 7.81. The van der Waals surface area contributed by atoms with Crippen LogP contribution in [0.5, 0.6) is 0 Å². The number of benzene rings is 1. The van der Waals surface area contributed by atoms with E-state index in [1.54, 1.807) is 55.6 Å². The van der Waals surface area contributed by atoms with Gasteiger partial charge < -0.3 is 34.1 Å². The minimum absolute atomic E-state index is 0.0940. The van der Waals surface area contributed by atoms with Crippen molar-refractivity contribution in [2.24, 2.45) is 35.5 Å². The monoisotopic (exact) mass is 635 g/mol. The van der Waals surface area contributed by atoms with Crippen molar-refractivity contribution < 1.29 is 43.5 Å². The molecular weight excluding hydrogens is 590 g/mol. The van der Waals surface area contributed by atoms with Crippen LogP contribution in [0.3, 0.4) is 0 Å². The number of hydrogen-bond donors (Lipinski definition) is 3. The van der Waals surface area contributed by atoms with Crippen LogP contribution in [0.25, 0.3) is 0 Å². The number of carbonyl (C=O) groups excluding carboxylic acids is 3. The summed E-state index contributed by atoms with van der Waals surface area (Å²) in [5, 5.41) is 24.8. The van der Waals surface area contributed by atoms with Crippen molar-refractivity contribution in [3.63, 3.8) is 0 Å². The van der Waals surface area contributed by atoms with E-state index >= 15 is 0 Å². The number of hydrogen-bond acceptors (Lipinski definition) is 9. The normalized spacial score (nSPS) is 37.8. The van der Waals surface area contributed by atoms with Gasteiger partial charge in [0.1, 0.15) is 24.0 Å². The zero-order valence-electron chi connectivity index (χ0n) is 27.2. The van der Waals surface area contributed by atoms with Gasteiger partial charge in [0.2, 0.25) is 0 Å². The van der Waals surface area contributed by atoms with Gasteiger partial charge in [-0.3, -0.25) is 0 Å². The highest BCUT2D eigenvalue weighted by Gasteiger charge is 2.60. The third-order valence-electron chi connectivity index (χ3n) is 10.4. The van der Waals surface area contributed by atoms with E-state index < -0.39 is 77.7 Å². The Balaban J connectivity index is 1.48. The lowest BCUT2D eigenvalue weighted by molar-refractivity contribution is -0.183. The molecule has 2 aliphatic carbocycles. The molecule has 46 heavy (non-hydrogen) atoms. The molecule has 248 valence electrons. The van der Waals surface area contributed by atoms with Crippen molar-refractivity contribution >= 4 is 17.9 Å². The molecule has 10 nitrogen and oxygen atoms in total. The summed E-state index contributed by atoms with van der Waals surface area (Å²) < 4.78 is 23.3. The zero-order valence-corrected chi connectivity index (χ0v) is 27.2. The van der Waals surface area contributed by atoms with Gasteiger partial charge in [-0.05, 0) is 56.0 Å². The average molecular weight is 636 g/mol. The molecule has 1 aromatic heterocycles. The largest absolute Gasteiger partial charge is 0.457 e. The molecule has 2 aromatic rings. The van der Waals surface area contributed by atoms with Crippen molar-refractivity contribution in [1.29, 1.82) is 0 Å². The molecule has 1 fully saturated rings. The number of carbonyl (C=O) groups is 3. The lowest BCUT2D eigenvalue weighted by atomic mass is 9.53. The maximum atomic E-state index is 13.5. The smallest absolute Gasteiger partial charge is 0.355 e. The van der Waals surface area contributed by atoms with Gasteiger partial charge >= 0.3 is 17.9 Å². The summed E-state index contributed by atoms with van der Waals surface area (Å²) in [4.78, 5) is 42.2. The van der Waals surface area contributed by atoms with E-state index in [1.807, 2.05) is 45.9 Å². The van der Waals surface area contributed by atoms with Crippen molar-refractivity contribution in [1.82, 2.24) is 4.98 Å². The average Bonchev–Trinajstić information content (AvgIpc) is 3.59. The van der Waals surface area contributed by atoms with E-state index in [9.17, 15) is 24.6 Å². The summed E-state index contributed by atoms with van der Waals surface area (Å²) >= 11 is 0. The van der Waals surface area contributed by atoms with E-state index in [0.29, 0.717) is 16.8 Å². The van der Waals surface area contributed by atoms with Gasteiger partial charge in [0.05, 0.1) is 17.3 Å². The van der Waals surface area contributed by atoms with Crippen LogP contribution < -0.4 is 0 Å². The van der Waals surface area contributed by atoms with Gasteiger partial charge in [0.25, 0.3) is 0 Å². The Morgan fingerprint density at radius 1 is 1.04 bits per heavy atom. The van der Waals surface area contributed by atoms with Gasteiger partial charge in [-0.15, -0.1) is 0 Å². The highest BCUT2D eigenvalue weighted by molar-refractivity contribution is 5.89. The Morgan fingerprint density at radius 2 is 1.76 bits per heavy atom. The van der Waals surface area contributed by atoms with Gasteiger partial charge in [0, 0.05) is 42.9 Å². The topological polar surface area (TPSA) is 144 Å². The van der Waals surface area contributed by atoms with E-state index in [1.165, 1.54) is 7.11 Å². The summed E-state index contributed by atoms with van der Waals surface area (Å²) in [6.07, 6.45) is 3.05. The molecule has 1 aromatic carbocycles. The quantitative estimate of drug-likeness (QED) is 0.238. The number of allylic oxidation sites excluding steroid dienone is 1. The van der Waals surface area contributed by atoms with Crippen molar-refractivity contribution in [3.8, 4) is 0 Å². The number of nitrogens with one attached hydrogen (secondary N) is 1. The lowest BCUT2D eigenvalue weighted by Crippen LogP contribution is -2.63. The first-order valence-electron chi connectivity index (χ1n) is 16.0. The number of fused-ring (bicyclic) bond motifs is 3. The number of rotatable bonds is 6. The van der Waals surface area contributed by atoms with Crippen molar-refractivity contribution in [3.05, 3.63) is 83.7 Å². The molecule has 5 rings (SSSR count). The Morgan fingerprint density at radius 3 is 2.41 bits per heavy atom. The maximum absolute atomic E-state index is 13.5. The Labute approximate surface area is 269 Å². The molecule has 0 radical (unpaired) electrons. The number of cyclic esters (lactones) is 1. The van der Waals surface area contributed by atoms with Crippen LogP contribution >= 0.6 is 0 Å². The van der Waals surface area contributed by atoms with E-state index in [0.717, 1.165) is 0 Å². The maximum Gasteiger partial charge on any atom is 0.355 e. The second kappa shape index (κ2) is 13.6. The number of ether oxygens (including phenoxy) is 4. The first-order chi connectivity index (χ1) is 21.9. The Bertz CT molecular complexity index is 1450. The second-order valence-corrected chi connectivity index (χ2v) is 13.1. The highest BCUT2D eigenvalue weighted by atomic mass is 16.6. The number of aliphatic hydroxyl groups excluding tert-OH is 1. The fraction of sp³-hybridized carbons (Fsp3) is 0.528. The van der Waals surface area contributed by atoms with Crippen LogP contribution in [0.4, 0.5) is 0 Å². The second-order valence-electron chi connectivity index (χ2n) is 13.1. The van der Waals surface area contributed by atoms with E-state index in [2.05, 4.69) is 4.98 Å². The fourth-order valence-corrected chi connectivity index (χ4v) is 7.81. The van der Waals surface area contributed by atoms with Crippen LogP contribution in [0, 0.1) is 35.5 Å². The first-order valence-corrected chi connectivity index (χ1v) is 16.0. The number of methoxy groups -OCH3 is 1. The van der Waals surface area contributed by atoms with Gasteiger partial charge in [-0.2, -0.15) is 0 Å². The highest BCUT2D eigenvalue weighted by Crippen LogP contribution is 2.54. The summed E-state index contributed by atoms with van der Waals surface area (Å²) in [5.41, 5.74) is -0.278. The van der Waals surface area contributed by atoms with Crippen LogP contribution in [0.2, 0.25) is 0 Å². The molecule has 3 aliphatic rings. The zero-order chi connectivity index (χ0) is 33.3. The predicted octanol–water partition coefficient (Wildman–Crippen LogP) is 4.49. The third-order valence-corrected chi connectivity index (χ3v) is 10.4. The van der Waals surface area contributed by atoms with Crippen molar-refractivity contribution in [2.45, 2.75) is 77.2 Å². The molecule has 0 bridgehead atoms. The number of aromatic nitrogens is 1. The van der Waals surface area contributed by atoms with Crippen LogP contribution in [-0.2, 0) is 23.7 Å². The van der Waals surface area contributed by atoms with Gasteiger partial charge in [-0.25, -0.2) is 14.4 Å². The molecular formula is C36H45NO9. The van der Waals surface area contributed by atoms with Crippen LogP contribution in [0.15, 0.2) is 72.5 Å². The summed E-state index contributed by atoms with van der Waals surface area (Å²) in [6.45, 7) is 9.13. The lowest BCUT2D eigenvalue weighted by Gasteiger charge is -2.57. The minimum Gasteiger partial charge on any atom is -0.457 e. The molecule has 3 N–H and O–H groups in total. The molecule has 2 heterocycles. The summed E-state index contributed by atoms with van der Waals surface area (Å²) in [7, 11) is 1.41. The SMILES string of the molecule is CO[C@H]1C[C@H]2C=C[C@H]3C(C)[C@H](OC(=O)c4ccc[nH]4)[C@H](C)C(O)[C@H]3C2(O)/C(C)=C/C(C)[C@@H](C(C)OC(=O)c2ccccc2)OC1=O. The molecule has 1 saturated carbocycles. The number of aromatic amines is 1. The molecule has 1 aliphatic heterocycles. The van der Waals surface area contributed by atoms with E-state index in [4.69, 9.17) is 18.9 Å². The number of esters is 3. The molecule has 12 atom stereocenters. The Hall–Kier alpha value is -3.73. The van der Waals surface area contributed by atoms with Gasteiger partial charge in [-0.1, -0.05) is 57.2 Å². The first kappa shape index (κ1) is 33.6. The molecule has 0 saturated heterocycles. The summed E-state index contributed by atoms with van der Waals surface area (Å²) in [6, 6.07) is 11.9.